The number of hydrogen-bond acceptors (Lipinski definition) is 26. The van der Waals surface area contributed by atoms with Crippen LogP contribution in [0.3, 0.4) is 0 Å². The number of amides is 16. The van der Waals surface area contributed by atoms with Crippen molar-refractivity contribution in [1.29, 1.82) is 5.41 Å². The first kappa shape index (κ1) is 99.3. The number of aliphatic hydroxyl groups excluding tert-OH is 2. The highest BCUT2D eigenvalue weighted by molar-refractivity contribution is 7.99. The maximum Gasteiger partial charge on any atom is 0.328 e. The van der Waals surface area contributed by atoms with Crippen molar-refractivity contribution in [1.82, 2.24) is 79.0 Å². The maximum atomic E-state index is 14.8. The van der Waals surface area contributed by atoms with Gasteiger partial charge >= 0.3 is 6.03 Å². The number of anilines is 1. The SMILES string of the molecule is CNC(=O)c1ccccc1Sc1ccc(C(=N)/C=C/c2ccccn2)c(NC(=O)N(CCC(=O)N[C@@H](CCN)C(=O)N[C@H](C(=O)N[C@@H](CCN)C(=O)N[C@H]2CCNC(=O)[C@H]([C@@H](C)O)NC(=O)[C@H](CCN)NC(=O)[C@H](CCN)NC(=O)[C@H](CC(C)C)NC(=O)[C@@H](Cc3ccccc3)NC(=O)[C@H](CCN)NC2=O)[C@@H](C)O)C(=O)[C@H](CCSC)NC=O)c1. The Balaban J connectivity index is 1.45. The summed E-state index contributed by atoms with van der Waals surface area (Å²) < 4.78 is 0. The molecule has 2 heterocycles. The van der Waals surface area contributed by atoms with Crippen molar-refractivity contribution in [2.75, 3.05) is 70.2 Å². The highest BCUT2D eigenvalue weighted by Gasteiger charge is 2.39. The fourth-order valence-corrected chi connectivity index (χ4v) is 13.7. The van der Waals surface area contributed by atoms with Gasteiger partial charge in [-0.3, -0.25) is 77.0 Å². The number of urea groups is 1. The monoisotopic (exact) mass is 1710 g/mol. The van der Waals surface area contributed by atoms with Gasteiger partial charge in [-0.2, -0.15) is 11.8 Å². The number of thioether (sulfide) groups is 1. The summed E-state index contributed by atoms with van der Waals surface area (Å²) in [5.74, 6) is -12.5. The number of benzene rings is 3. The van der Waals surface area contributed by atoms with Crippen molar-refractivity contribution < 1.29 is 82.1 Å². The van der Waals surface area contributed by atoms with Crippen molar-refractivity contribution in [3.05, 3.63) is 126 Å². The van der Waals surface area contributed by atoms with Crippen molar-refractivity contribution in [3.8, 4) is 0 Å². The van der Waals surface area contributed by atoms with Gasteiger partial charge in [0.25, 0.3) is 11.8 Å². The number of carbonyl (C=O) groups excluding carboxylic acids is 15. The van der Waals surface area contributed by atoms with Crippen molar-refractivity contribution >= 4 is 130 Å². The van der Waals surface area contributed by atoms with Gasteiger partial charge in [0.05, 0.1) is 34.9 Å². The largest absolute Gasteiger partial charge is 0.391 e. The lowest BCUT2D eigenvalue weighted by atomic mass is 10.00. The number of hydrogen-bond donors (Lipinski definition) is 22. The van der Waals surface area contributed by atoms with E-state index in [1.54, 1.807) is 117 Å². The van der Waals surface area contributed by atoms with Crippen molar-refractivity contribution in [3.63, 3.8) is 0 Å². The summed E-state index contributed by atoms with van der Waals surface area (Å²) in [5, 5.41) is 66.7. The van der Waals surface area contributed by atoms with Crippen LogP contribution in [0, 0.1) is 11.3 Å². The van der Waals surface area contributed by atoms with Crippen LogP contribution in [0.2, 0.25) is 0 Å². The predicted octanol–water partition coefficient (Wildman–Crippen LogP) is -3.55. The zero-order valence-corrected chi connectivity index (χ0v) is 69.5. The van der Waals surface area contributed by atoms with E-state index in [0.29, 0.717) is 37.3 Å². The number of carbonyl (C=O) groups is 15. The molecule has 39 nitrogen and oxygen atoms in total. The van der Waals surface area contributed by atoms with Crippen LogP contribution in [0.1, 0.15) is 113 Å². The fraction of sp³-hybridized carbons (Fsp3) is 0.481. The molecule has 0 radical (unpaired) electrons. The van der Waals surface area contributed by atoms with Gasteiger partial charge in [-0.1, -0.05) is 74.1 Å². The van der Waals surface area contributed by atoms with Crippen LogP contribution in [0.15, 0.2) is 113 Å². The van der Waals surface area contributed by atoms with Crippen LogP contribution in [-0.2, 0) is 68.7 Å². The van der Waals surface area contributed by atoms with Gasteiger partial charge in [0.15, 0.2) is 0 Å². The van der Waals surface area contributed by atoms with E-state index in [1.165, 1.54) is 37.9 Å². The summed E-state index contributed by atoms with van der Waals surface area (Å²) in [6.07, 6.45) is 0.351. The van der Waals surface area contributed by atoms with E-state index in [9.17, 15) is 82.1 Å². The van der Waals surface area contributed by atoms with Crippen LogP contribution in [0.25, 0.3) is 6.08 Å². The summed E-state index contributed by atoms with van der Waals surface area (Å²) >= 11 is 2.49. The highest BCUT2D eigenvalue weighted by Crippen LogP contribution is 2.34. The Bertz CT molecular complexity index is 4190. The third-order valence-electron chi connectivity index (χ3n) is 18.7. The highest BCUT2D eigenvalue weighted by atomic mass is 32.2. The lowest BCUT2D eigenvalue weighted by Gasteiger charge is -2.29. The number of pyridine rings is 1. The van der Waals surface area contributed by atoms with Gasteiger partial charge in [-0.05, 0) is 176 Å². The molecule has 1 aliphatic rings. The summed E-state index contributed by atoms with van der Waals surface area (Å²) in [7, 11) is 1.48. The van der Waals surface area contributed by atoms with E-state index in [1.807, 2.05) is 0 Å². The smallest absolute Gasteiger partial charge is 0.328 e. The third kappa shape index (κ3) is 32.1. The second kappa shape index (κ2) is 51.9. The standard InChI is InChI=1S/C79H114N22O17S2/c1-44(2)40-61-74(113)93-54(24-32-81)68(107)92-57(27-35-84)73(112)99-65(45(3)103)76(115)88-37-28-58(71(110)91-55(25-33-82)70(109)97-62(75(114)96-61)41-47-14-8-7-9-15-47)94-69(108)56(26-34-83)95-77(116)66(46(4)104)100-72(111)53(23-31-80)90-64(105)29-38-101(78(117)59(89-43-102)30-39-119-6)79(118)98-60-42-49(120-63-18-11-10-17-51(63)67(106)86-5)20-21-50(60)52(85)22-19-48-16-12-13-36-87-48/h7-22,36,42-46,53-59,61-62,65-66,85,103-104H,23-35,37-41,80-84H2,1-6H3,(H,86,106)(H,88,115)(H,89,102)(H,90,105)(H,91,110)(H,92,107)(H,93,113)(H,94,108)(H,95,116)(H,96,114)(H,97,109)(H,98,118)(H,99,112)(H,100,111)/b22-19+,85-52?/t45-,46-,53+,54+,55+,56+,57+,58+,59+,61+,62-,65+,66+/m1/s1. The Hall–Kier alpha value is -11.3. The molecule has 1 aliphatic heterocycles. The molecule has 4 aromatic rings. The van der Waals surface area contributed by atoms with Gasteiger partial charge in [0.1, 0.15) is 66.5 Å². The normalized spacial score (nSPS) is 19.4. The van der Waals surface area contributed by atoms with Gasteiger partial charge < -0.3 is 119 Å². The molecule has 41 heteroatoms. The summed E-state index contributed by atoms with van der Waals surface area (Å²) in [5.41, 5.74) is 31.2. The summed E-state index contributed by atoms with van der Waals surface area (Å²) in [6.45, 7) is 3.34. The molecule has 120 heavy (non-hydrogen) atoms. The van der Waals surface area contributed by atoms with E-state index in [0.717, 1.165) is 18.7 Å². The Morgan fingerprint density at radius 2 is 1.21 bits per heavy atom. The first-order valence-electron chi connectivity index (χ1n) is 39.2. The van der Waals surface area contributed by atoms with Crippen LogP contribution in [0.4, 0.5) is 10.5 Å². The van der Waals surface area contributed by atoms with Crippen molar-refractivity contribution in [2.45, 2.75) is 180 Å². The van der Waals surface area contributed by atoms with Crippen LogP contribution >= 0.6 is 23.5 Å². The van der Waals surface area contributed by atoms with Crippen molar-refractivity contribution in [2.24, 2.45) is 34.6 Å². The minimum absolute atomic E-state index is 0.00108. The molecule has 654 valence electrons. The molecule has 0 spiro atoms. The maximum absolute atomic E-state index is 14.8. The van der Waals surface area contributed by atoms with E-state index in [2.05, 4.69) is 79.4 Å². The molecule has 1 saturated heterocycles. The average molecular weight is 1710 g/mol. The summed E-state index contributed by atoms with van der Waals surface area (Å²) in [6, 6.07) is 6.51. The second-order valence-corrected chi connectivity index (χ2v) is 30.6. The van der Waals surface area contributed by atoms with E-state index >= 15 is 0 Å². The van der Waals surface area contributed by atoms with Crippen LogP contribution in [0.5, 0.6) is 0 Å². The molecule has 0 bridgehead atoms. The molecule has 13 atom stereocenters. The molecule has 0 aliphatic carbocycles. The van der Waals surface area contributed by atoms with E-state index in [4.69, 9.17) is 34.1 Å². The lowest BCUT2D eigenvalue weighted by molar-refractivity contribution is -0.137. The zero-order valence-electron chi connectivity index (χ0n) is 67.9. The van der Waals surface area contributed by atoms with Gasteiger partial charge in [0, 0.05) is 54.5 Å². The number of rotatable bonds is 39. The minimum atomic E-state index is -1.94. The second-order valence-electron chi connectivity index (χ2n) is 28.5. The van der Waals surface area contributed by atoms with Gasteiger partial charge in [-0.15, -0.1) is 0 Å². The number of aliphatic hydroxyl groups is 2. The Morgan fingerprint density at radius 1 is 0.633 bits per heavy atom. The van der Waals surface area contributed by atoms with Gasteiger partial charge in [-0.25, -0.2) is 4.79 Å². The molecule has 1 aromatic heterocycles. The molecular weight excluding hydrogens is 1590 g/mol. The first-order valence-corrected chi connectivity index (χ1v) is 41.4. The molecule has 0 unspecified atom stereocenters. The zero-order chi connectivity index (χ0) is 88.5. The minimum Gasteiger partial charge on any atom is -0.391 e. The lowest BCUT2D eigenvalue weighted by Crippen LogP contribution is -2.62. The molecular formula is C79H114N22O17S2. The van der Waals surface area contributed by atoms with E-state index in [-0.39, 0.29) is 113 Å². The molecule has 0 saturated carbocycles. The van der Waals surface area contributed by atoms with E-state index < -0.39 is 188 Å². The number of nitrogens with two attached hydrogens (primary N) is 5. The first-order chi connectivity index (χ1) is 57.3. The number of imide groups is 1. The Morgan fingerprint density at radius 3 is 1.78 bits per heavy atom. The average Bonchev–Trinajstić information content (AvgIpc) is 0.822. The van der Waals surface area contributed by atoms with Crippen LogP contribution < -0.4 is 103 Å². The number of aromatic nitrogens is 1. The summed E-state index contributed by atoms with van der Waals surface area (Å²) in [4.78, 5) is 218. The fourth-order valence-electron chi connectivity index (χ4n) is 12.3. The molecule has 1 fully saturated rings. The van der Waals surface area contributed by atoms with Gasteiger partial charge in [0.2, 0.25) is 71.4 Å². The quantitative estimate of drug-likeness (QED) is 0.0152. The molecule has 16 amide bonds. The Kier molecular flexibility index (Phi) is 42.9. The number of nitrogens with one attached hydrogen (secondary N) is 15. The topological polar surface area (TPSA) is 635 Å². The number of allylic oxidation sites excluding steroid dienone is 1. The molecule has 3 aromatic carbocycles. The predicted molar refractivity (Wildman–Crippen MR) is 450 cm³/mol. The number of nitrogens with zero attached hydrogens (tertiary/aromatic N) is 2. The third-order valence-corrected chi connectivity index (χ3v) is 20.4. The molecule has 27 N–H and O–H groups in total. The Labute approximate surface area is 704 Å². The van der Waals surface area contributed by atoms with Crippen LogP contribution in [-0.4, -0.2) is 259 Å². The molecule has 5 rings (SSSR count).